The van der Waals surface area contributed by atoms with Gasteiger partial charge < -0.3 is 9.64 Å². The Morgan fingerprint density at radius 2 is 1.71 bits per heavy atom. The molecule has 2 heterocycles. The SMILES string of the molecule is O=C(C1CCOCC1)N1Cc2ccccc2C1. The van der Waals surface area contributed by atoms with Gasteiger partial charge in [-0.3, -0.25) is 4.79 Å². The van der Waals surface area contributed by atoms with Gasteiger partial charge in [-0.25, -0.2) is 0 Å². The molecule has 90 valence electrons. The molecule has 0 aliphatic carbocycles. The lowest BCUT2D eigenvalue weighted by molar-refractivity contribution is -0.139. The summed E-state index contributed by atoms with van der Waals surface area (Å²) in [5.41, 5.74) is 2.60. The van der Waals surface area contributed by atoms with Crippen LogP contribution in [0, 0.1) is 5.92 Å². The average Bonchev–Trinajstić information content (AvgIpc) is 2.82. The zero-order valence-corrected chi connectivity index (χ0v) is 9.89. The second-order valence-electron chi connectivity index (χ2n) is 4.85. The van der Waals surface area contributed by atoms with E-state index in [0.717, 1.165) is 39.1 Å². The van der Waals surface area contributed by atoms with Gasteiger partial charge in [0.05, 0.1) is 0 Å². The molecular weight excluding hydrogens is 214 g/mol. The highest BCUT2D eigenvalue weighted by Gasteiger charge is 2.29. The summed E-state index contributed by atoms with van der Waals surface area (Å²) in [7, 11) is 0. The zero-order valence-electron chi connectivity index (χ0n) is 9.89. The maximum absolute atomic E-state index is 12.3. The molecule has 3 rings (SSSR count). The fraction of sp³-hybridized carbons (Fsp3) is 0.500. The Kier molecular flexibility index (Phi) is 2.85. The first-order chi connectivity index (χ1) is 8.34. The van der Waals surface area contributed by atoms with Gasteiger partial charge in [-0.05, 0) is 24.0 Å². The Balaban J connectivity index is 1.69. The van der Waals surface area contributed by atoms with Crippen LogP contribution in [0.25, 0.3) is 0 Å². The van der Waals surface area contributed by atoms with E-state index in [-0.39, 0.29) is 5.92 Å². The normalized spacial score (nSPS) is 20.4. The third-order valence-electron chi connectivity index (χ3n) is 3.72. The number of amides is 1. The van der Waals surface area contributed by atoms with Crippen molar-refractivity contribution in [1.82, 2.24) is 4.90 Å². The molecule has 0 spiro atoms. The number of fused-ring (bicyclic) bond motifs is 1. The van der Waals surface area contributed by atoms with Crippen LogP contribution in [-0.2, 0) is 22.6 Å². The molecule has 0 atom stereocenters. The van der Waals surface area contributed by atoms with E-state index in [2.05, 4.69) is 12.1 Å². The molecule has 0 N–H and O–H groups in total. The Bertz CT molecular complexity index is 399. The van der Waals surface area contributed by atoms with Gasteiger partial charge >= 0.3 is 0 Å². The van der Waals surface area contributed by atoms with Crippen LogP contribution < -0.4 is 0 Å². The number of nitrogens with zero attached hydrogens (tertiary/aromatic N) is 1. The van der Waals surface area contributed by atoms with Crippen molar-refractivity contribution in [2.24, 2.45) is 5.92 Å². The van der Waals surface area contributed by atoms with E-state index in [1.54, 1.807) is 0 Å². The minimum atomic E-state index is 0.179. The van der Waals surface area contributed by atoms with Crippen LogP contribution in [0.5, 0.6) is 0 Å². The van der Waals surface area contributed by atoms with Gasteiger partial charge in [0.1, 0.15) is 0 Å². The van der Waals surface area contributed by atoms with Gasteiger partial charge in [-0.2, -0.15) is 0 Å². The van der Waals surface area contributed by atoms with Gasteiger partial charge in [0.2, 0.25) is 5.91 Å². The highest BCUT2D eigenvalue weighted by atomic mass is 16.5. The second kappa shape index (κ2) is 4.49. The van der Waals surface area contributed by atoms with E-state index >= 15 is 0 Å². The monoisotopic (exact) mass is 231 g/mol. The molecule has 1 fully saturated rings. The number of carbonyl (C=O) groups is 1. The van der Waals surface area contributed by atoms with Crippen molar-refractivity contribution in [1.29, 1.82) is 0 Å². The van der Waals surface area contributed by atoms with E-state index in [1.165, 1.54) is 11.1 Å². The van der Waals surface area contributed by atoms with Crippen molar-refractivity contribution in [3.05, 3.63) is 35.4 Å². The minimum Gasteiger partial charge on any atom is -0.381 e. The average molecular weight is 231 g/mol. The Morgan fingerprint density at radius 1 is 1.12 bits per heavy atom. The molecule has 3 heteroatoms. The standard InChI is InChI=1S/C14H17NO2/c16-14(11-5-7-17-8-6-11)15-9-12-3-1-2-4-13(12)10-15/h1-4,11H,5-10H2. The van der Waals surface area contributed by atoms with Crippen molar-refractivity contribution < 1.29 is 9.53 Å². The quantitative estimate of drug-likeness (QED) is 0.739. The topological polar surface area (TPSA) is 29.5 Å². The van der Waals surface area contributed by atoms with E-state index < -0.39 is 0 Å². The lowest BCUT2D eigenvalue weighted by atomic mass is 9.99. The predicted molar refractivity (Wildman–Crippen MR) is 64.2 cm³/mol. The van der Waals surface area contributed by atoms with Crippen LogP contribution in [0.2, 0.25) is 0 Å². The number of hydrogen-bond donors (Lipinski definition) is 0. The first kappa shape index (κ1) is 10.8. The molecular formula is C14H17NO2. The summed E-state index contributed by atoms with van der Waals surface area (Å²) in [6, 6.07) is 8.32. The molecule has 0 saturated carbocycles. The number of carbonyl (C=O) groups excluding carboxylic acids is 1. The molecule has 1 aromatic carbocycles. The first-order valence-electron chi connectivity index (χ1n) is 6.28. The molecule has 2 aliphatic rings. The van der Waals surface area contributed by atoms with Crippen LogP contribution in [0.15, 0.2) is 24.3 Å². The summed E-state index contributed by atoms with van der Waals surface area (Å²) in [6.45, 7) is 3.03. The van der Waals surface area contributed by atoms with Crippen LogP contribution in [0.1, 0.15) is 24.0 Å². The lowest BCUT2D eigenvalue weighted by Gasteiger charge is -2.26. The third-order valence-corrected chi connectivity index (χ3v) is 3.72. The maximum Gasteiger partial charge on any atom is 0.226 e. The summed E-state index contributed by atoms with van der Waals surface area (Å²) in [6.07, 6.45) is 1.76. The van der Waals surface area contributed by atoms with Crippen LogP contribution in [0.3, 0.4) is 0 Å². The van der Waals surface area contributed by atoms with E-state index in [9.17, 15) is 4.79 Å². The first-order valence-corrected chi connectivity index (χ1v) is 6.28. The fourth-order valence-electron chi connectivity index (χ4n) is 2.69. The molecule has 2 aliphatic heterocycles. The highest BCUT2D eigenvalue weighted by Crippen LogP contribution is 2.26. The minimum absolute atomic E-state index is 0.179. The third kappa shape index (κ3) is 2.07. The van der Waals surface area contributed by atoms with Gasteiger partial charge in [-0.1, -0.05) is 24.3 Å². The van der Waals surface area contributed by atoms with E-state index in [0.29, 0.717) is 5.91 Å². The molecule has 3 nitrogen and oxygen atoms in total. The number of ether oxygens (including phenoxy) is 1. The molecule has 1 saturated heterocycles. The van der Waals surface area contributed by atoms with Crippen molar-refractivity contribution in [2.45, 2.75) is 25.9 Å². The summed E-state index contributed by atoms with van der Waals surface area (Å²) in [4.78, 5) is 14.3. The molecule has 17 heavy (non-hydrogen) atoms. The maximum atomic E-state index is 12.3. The van der Waals surface area contributed by atoms with E-state index in [4.69, 9.17) is 4.74 Å². The van der Waals surface area contributed by atoms with Gasteiger partial charge in [0.15, 0.2) is 0 Å². The Morgan fingerprint density at radius 3 is 2.29 bits per heavy atom. The van der Waals surface area contributed by atoms with Crippen molar-refractivity contribution in [2.75, 3.05) is 13.2 Å². The van der Waals surface area contributed by atoms with Gasteiger partial charge in [-0.15, -0.1) is 0 Å². The molecule has 1 amide bonds. The van der Waals surface area contributed by atoms with Crippen molar-refractivity contribution in [3.8, 4) is 0 Å². The molecule has 0 radical (unpaired) electrons. The van der Waals surface area contributed by atoms with Crippen LogP contribution in [0.4, 0.5) is 0 Å². The number of benzene rings is 1. The molecule has 0 bridgehead atoms. The van der Waals surface area contributed by atoms with E-state index in [1.807, 2.05) is 17.0 Å². The highest BCUT2D eigenvalue weighted by molar-refractivity contribution is 5.79. The van der Waals surface area contributed by atoms with Gasteiger partial charge in [0, 0.05) is 32.2 Å². The zero-order chi connectivity index (χ0) is 11.7. The second-order valence-corrected chi connectivity index (χ2v) is 4.85. The summed E-state index contributed by atoms with van der Waals surface area (Å²) in [5, 5.41) is 0. The molecule has 1 aromatic rings. The van der Waals surface area contributed by atoms with Crippen molar-refractivity contribution in [3.63, 3.8) is 0 Å². The lowest BCUT2D eigenvalue weighted by Crippen LogP contribution is -2.35. The van der Waals surface area contributed by atoms with Crippen molar-refractivity contribution >= 4 is 5.91 Å². The summed E-state index contributed by atoms with van der Waals surface area (Å²) >= 11 is 0. The smallest absolute Gasteiger partial charge is 0.226 e. The predicted octanol–water partition coefficient (Wildman–Crippen LogP) is 1.96. The number of hydrogen-bond acceptors (Lipinski definition) is 2. The molecule has 0 unspecified atom stereocenters. The summed E-state index contributed by atoms with van der Waals surface area (Å²) < 4.78 is 5.30. The number of rotatable bonds is 1. The Labute approximate surface area is 101 Å². The fourth-order valence-corrected chi connectivity index (χ4v) is 2.69. The summed E-state index contributed by atoms with van der Waals surface area (Å²) in [5.74, 6) is 0.488. The van der Waals surface area contributed by atoms with Crippen LogP contribution in [-0.4, -0.2) is 24.0 Å². The Hall–Kier alpha value is -1.35. The van der Waals surface area contributed by atoms with Gasteiger partial charge in [0.25, 0.3) is 0 Å². The largest absolute Gasteiger partial charge is 0.381 e. The van der Waals surface area contributed by atoms with Crippen LogP contribution >= 0.6 is 0 Å². The molecule has 0 aromatic heterocycles.